The minimum Gasteiger partial charge on any atom is -0.333 e. The zero-order valence-corrected chi connectivity index (χ0v) is 14.6. The molecule has 1 heterocycles. The van der Waals surface area contributed by atoms with Gasteiger partial charge in [0.1, 0.15) is 0 Å². The van der Waals surface area contributed by atoms with E-state index in [-0.39, 0.29) is 17.9 Å². The van der Waals surface area contributed by atoms with Gasteiger partial charge in [0.2, 0.25) is 5.91 Å². The van der Waals surface area contributed by atoms with E-state index in [1.165, 1.54) is 11.1 Å². The first-order valence-corrected chi connectivity index (χ1v) is 8.73. The predicted molar refractivity (Wildman–Crippen MR) is 97.9 cm³/mol. The summed E-state index contributed by atoms with van der Waals surface area (Å²) in [6, 6.07) is 20.9. The fraction of sp³-hybridized carbons (Fsp3) is 0.381. The van der Waals surface area contributed by atoms with Crippen molar-refractivity contribution in [3.63, 3.8) is 0 Å². The third-order valence-electron chi connectivity index (χ3n) is 4.94. The molecule has 1 aliphatic heterocycles. The summed E-state index contributed by atoms with van der Waals surface area (Å²) in [6.07, 6.45) is 0.567. The normalized spacial score (nSPS) is 19.9. The van der Waals surface area contributed by atoms with Crippen molar-refractivity contribution in [2.45, 2.75) is 25.3 Å². The second-order valence-corrected chi connectivity index (χ2v) is 6.79. The van der Waals surface area contributed by atoms with Crippen molar-refractivity contribution in [3.05, 3.63) is 71.8 Å². The molecule has 1 amide bonds. The average Bonchev–Trinajstić information content (AvgIpc) is 2.63. The number of carbonyl (C=O) groups excluding carboxylic acids is 1. The lowest BCUT2D eigenvalue weighted by Crippen LogP contribution is -2.49. The molecule has 1 saturated heterocycles. The van der Waals surface area contributed by atoms with Gasteiger partial charge in [0, 0.05) is 26.1 Å². The van der Waals surface area contributed by atoms with Crippen molar-refractivity contribution in [2.24, 2.45) is 0 Å². The lowest BCUT2D eigenvalue weighted by Gasteiger charge is -2.40. The molecule has 3 heteroatoms. The van der Waals surface area contributed by atoms with Crippen molar-refractivity contribution >= 4 is 5.91 Å². The molecule has 0 aliphatic carbocycles. The Kier molecular flexibility index (Phi) is 5.31. The van der Waals surface area contributed by atoms with E-state index in [1.807, 2.05) is 24.3 Å². The Morgan fingerprint density at radius 2 is 1.67 bits per heavy atom. The molecule has 0 bridgehead atoms. The largest absolute Gasteiger partial charge is 0.333 e. The average molecular weight is 322 g/mol. The number of nitrogens with zero attached hydrogens (tertiary/aromatic N) is 2. The molecule has 1 aliphatic rings. The van der Waals surface area contributed by atoms with Crippen LogP contribution in [0, 0.1) is 0 Å². The summed E-state index contributed by atoms with van der Waals surface area (Å²) >= 11 is 0. The SMILES string of the molecule is CC(CC(=O)N1CCN(C)CC1c1ccccc1)c1ccccc1. The van der Waals surface area contributed by atoms with Gasteiger partial charge in [0.15, 0.2) is 0 Å². The maximum atomic E-state index is 13.0. The Morgan fingerprint density at radius 3 is 2.33 bits per heavy atom. The number of likely N-dealkylation sites (N-methyl/N-ethyl adjacent to an activating group) is 1. The molecular weight excluding hydrogens is 296 g/mol. The highest BCUT2D eigenvalue weighted by Gasteiger charge is 2.30. The minimum absolute atomic E-state index is 0.153. The zero-order chi connectivity index (χ0) is 16.9. The standard InChI is InChI=1S/C21H26N2O/c1-17(18-9-5-3-6-10-18)15-21(24)23-14-13-22(2)16-20(23)19-11-7-4-8-12-19/h3-12,17,20H,13-16H2,1-2H3. The van der Waals surface area contributed by atoms with Gasteiger partial charge in [-0.3, -0.25) is 4.79 Å². The molecular formula is C21H26N2O. The quantitative estimate of drug-likeness (QED) is 0.857. The summed E-state index contributed by atoms with van der Waals surface area (Å²) in [5, 5.41) is 0. The number of piperazine rings is 1. The third-order valence-corrected chi connectivity index (χ3v) is 4.94. The molecule has 3 nitrogen and oxygen atoms in total. The molecule has 2 atom stereocenters. The van der Waals surface area contributed by atoms with Crippen LogP contribution in [-0.4, -0.2) is 42.4 Å². The van der Waals surface area contributed by atoms with Gasteiger partial charge in [-0.25, -0.2) is 0 Å². The molecule has 0 aromatic heterocycles. The lowest BCUT2D eigenvalue weighted by molar-refractivity contribution is -0.136. The number of carbonyl (C=O) groups is 1. The maximum absolute atomic E-state index is 13.0. The highest BCUT2D eigenvalue weighted by Crippen LogP contribution is 2.28. The number of amides is 1. The summed E-state index contributed by atoms with van der Waals surface area (Å²) in [7, 11) is 2.13. The molecule has 0 N–H and O–H groups in total. The van der Waals surface area contributed by atoms with Crippen LogP contribution in [0.1, 0.15) is 36.4 Å². The van der Waals surface area contributed by atoms with Crippen LogP contribution in [0.3, 0.4) is 0 Å². The summed E-state index contributed by atoms with van der Waals surface area (Å²) < 4.78 is 0. The van der Waals surface area contributed by atoms with Crippen LogP contribution in [0.2, 0.25) is 0 Å². The van der Waals surface area contributed by atoms with Crippen LogP contribution >= 0.6 is 0 Å². The molecule has 0 radical (unpaired) electrons. The number of hydrogen-bond donors (Lipinski definition) is 0. The second kappa shape index (κ2) is 7.63. The van der Waals surface area contributed by atoms with Crippen molar-refractivity contribution < 1.29 is 4.79 Å². The van der Waals surface area contributed by atoms with Crippen LogP contribution in [0.25, 0.3) is 0 Å². The van der Waals surface area contributed by atoms with Gasteiger partial charge in [-0.05, 0) is 24.1 Å². The van der Waals surface area contributed by atoms with E-state index in [2.05, 4.69) is 60.2 Å². The third kappa shape index (κ3) is 3.85. The smallest absolute Gasteiger partial charge is 0.223 e. The Bertz CT molecular complexity index is 656. The van der Waals surface area contributed by atoms with Gasteiger partial charge in [0.05, 0.1) is 6.04 Å². The van der Waals surface area contributed by atoms with Crippen LogP contribution in [0.15, 0.2) is 60.7 Å². The van der Waals surface area contributed by atoms with Crippen molar-refractivity contribution in [2.75, 3.05) is 26.7 Å². The van der Waals surface area contributed by atoms with Gasteiger partial charge in [-0.1, -0.05) is 67.6 Å². The van der Waals surface area contributed by atoms with E-state index in [0.29, 0.717) is 6.42 Å². The monoisotopic (exact) mass is 322 g/mol. The van der Waals surface area contributed by atoms with Crippen molar-refractivity contribution in [1.82, 2.24) is 9.80 Å². The Hall–Kier alpha value is -2.13. The van der Waals surface area contributed by atoms with E-state index in [4.69, 9.17) is 0 Å². The van der Waals surface area contributed by atoms with Crippen molar-refractivity contribution in [1.29, 1.82) is 0 Å². The Labute approximate surface area is 144 Å². The summed E-state index contributed by atoms with van der Waals surface area (Å²) in [4.78, 5) is 17.4. The number of rotatable bonds is 4. The van der Waals surface area contributed by atoms with Gasteiger partial charge >= 0.3 is 0 Å². The minimum atomic E-state index is 0.153. The molecule has 2 unspecified atom stereocenters. The van der Waals surface area contributed by atoms with Gasteiger partial charge in [-0.15, -0.1) is 0 Å². The van der Waals surface area contributed by atoms with Gasteiger partial charge < -0.3 is 9.80 Å². The highest BCUT2D eigenvalue weighted by molar-refractivity contribution is 5.77. The zero-order valence-electron chi connectivity index (χ0n) is 14.6. The molecule has 1 fully saturated rings. The van der Waals surface area contributed by atoms with Gasteiger partial charge in [-0.2, -0.15) is 0 Å². The first kappa shape index (κ1) is 16.7. The Balaban J connectivity index is 1.74. The fourth-order valence-corrected chi connectivity index (χ4v) is 3.46. The first-order chi connectivity index (χ1) is 11.6. The number of hydrogen-bond acceptors (Lipinski definition) is 2. The molecule has 2 aromatic carbocycles. The molecule has 0 spiro atoms. The Morgan fingerprint density at radius 1 is 1.04 bits per heavy atom. The molecule has 24 heavy (non-hydrogen) atoms. The topological polar surface area (TPSA) is 23.6 Å². The molecule has 0 saturated carbocycles. The van der Waals surface area contributed by atoms with E-state index >= 15 is 0 Å². The van der Waals surface area contributed by atoms with Crippen LogP contribution in [0.5, 0.6) is 0 Å². The molecule has 126 valence electrons. The lowest BCUT2D eigenvalue weighted by atomic mass is 9.95. The fourth-order valence-electron chi connectivity index (χ4n) is 3.46. The van der Waals surface area contributed by atoms with E-state index in [0.717, 1.165) is 19.6 Å². The number of benzene rings is 2. The maximum Gasteiger partial charge on any atom is 0.223 e. The van der Waals surface area contributed by atoms with Crippen LogP contribution in [0.4, 0.5) is 0 Å². The second-order valence-electron chi connectivity index (χ2n) is 6.79. The van der Waals surface area contributed by atoms with E-state index < -0.39 is 0 Å². The summed E-state index contributed by atoms with van der Waals surface area (Å²) in [5.41, 5.74) is 2.46. The summed E-state index contributed by atoms with van der Waals surface area (Å²) in [6.45, 7) is 4.78. The summed E-state index contributed by atoms with van der Waals surface area (Å²) in [5.74, 6) is 0.503. The highest BCUT2D eigenvalue weighted by atomic mass is 16.2. The predicted octanol–water partition coefficient (Wildman–Crippen LogP) is 3.70. The van der Waals surface area contributed by atoms with Gasteiger partial charge in [0.25, 0.3) is 0 Å². The van der Waals surface area contributed by atoms with Crippen molar-refractivity contribution in [3.8, 4) is 0 Å². The first-order valence-electron chi connectivity index (χ1n) is 8.73. The van der Waals surface area contributed by atoms with E-state index in [9.17, 15) is 4.79 Å². The molecule has 2 aromatic rings. The van der Waals surface area contributed by atoms with Crippen LogP contribution < -0.4 is 0 Å². The van der Waals surface area contributed by atoms with Crippen LogP contribution in [-0.2, 0) is 4.79 Å². The van der Waals surface area contributed by atoms with E-state index in [1.54, 1.807) is 0 Å². The molecule has 3 rings (SSSR count).